The molecule has 0 spiro atoms. The zero-order chi connectivity index (χ0) is 13.9. The zero-order valence-corrected chi connectivity index (χ0v) is 11.9. The van der Waals surface area contributed by atoms with Crippen molar-refractivity contribution in [3.8, 4) is 0 Å². The van der Waals surface area contributed by atoms with Crippen LogP contribution in [0.5, 0.6) is 0 Å². The predicted octanol–water partition coefficient (Wildman–Crippen LogP) is 2.27. The Labute approximate surface area is 119 Å². The predicted molar refractivity (Wildman–Crippen MR) is 80.4 cm³/mol. The highest BCUT2D eigenvalue weighted by atomic mass is 16.2. The first-order chi connectivity index (χ1) is 9.74. The van der Waals surface area contributed by atoms with Crippen molar-refractivity contribution >= 4 is 16.8 Å². The number of hydrogen-bond donors (Lipinski definition) is 2. The number of nitrogens with zero attached hydrogens (tertiary/aromatic N) is 1. The largest absolute Gasteiger partial charge is 0.361 e. The number of nitrogens with one attached hydrogen (secondary N) is 2. The number of rotatable bonds is 4. The summed E-state index contributed by atoms with van der Waals surface area (Å²) in [7, 11) is 0. The third kappa shape index (κ3) is 2.70. The van der Waals surface area contributed by atoms with Crippen LogP contribution in [0.4, 0.5) is 0 Å². The third-order valence-electron chi connectivity index (χ3n) is 4.02. The molecule has 1 aromatic heterocycles. The highest BCUT2D eigenvalue weighted by molar-refractivity contribution is 5.82. The molecular weight excluding hydrogens is 250 g/mol. The minimum atomic E-state index is -0.116. The van der Waals surface area contributed by atoms with Crippen LogP contribution >= 0.6 is 0 Å². The molecule has 0 aliphatic carbocycles. The molecule has 20 heavy (non-hydrogen) atoms. The fourth-order valence-electron chi connectivity index (χ4n) is 2.78. The van der Waals surface area contributed by atoms with E-state index in [9.17, 15) is 4.79 Å². The maximum Gasteiger partial charge on any atom is 0.239 e. The number of H-pyrrole nitrogens is 1. The molecule has 1 aromatic carbocycles. The van der Waals surface area contributed by atoms with E-state index in [4.69, 9.17) is 0 Å². The Hall–Kier alpha value is -1.81. The van der Waals surface area contributed by atoms with Crippen LogP contribution in [0.15, 0.2) is 30.5 Å². The van der Waals surface area contributed by atoms with Gasteiger partial charge in [-0.3, -0.25) is 4.79 Å². The monoisotopic (exact) mass is 271 g/mol. The molecule has 1 amide bonds. The van der Waals surface area contributed by atoms with Crippen molar-refractivity contribution in [3.05, 3.63) is 36.0 Å². The Morgan fingerprint density at radius 1 is 1.35 bits per heavy atom. The molecule has 1 aliphatic heterocycles. The lowest BCUT2D eigenvalue weighted by Crippen LogP contribution is -2.43. The molecule has 4 nitrogen and oxygen atoms in total. The Bertz CT molecular complexity index is 599. The molecule has 106 valence electrons. The van der Waals surface area contributed by atoms with E-state index >= 15 is 0 Å². The molecule has 3 rings (SSSR count). The van der Waals surface area contributed by atoms with E-state index in [1.807, 2.05) is 18.0 Å². The van der Waals surface area contributed by atoms with Crippen LogP contribution in [0.2, 0.25) is 0 Å². The van der Waals surface area contributed by atoms with Crippen molar-refractivity contribution in [2.24, 2.45) is 0 Å². The lowest BCUT2D eigenvalue weighted by atomic mass is 10.1. The highest BCUT2D eigenvalue weighted by Crippen LogP contribution is 2.14. The number of likely N-dealkylation sites (tertiary alicyclic amines) is 1. The summed E-state index contributed by atoms with van der Waals surface area (Å²) in [4.78, 5) is 17.3. The Morgan fingerprint density at radius 2 is 2.15 bits per heavy atom. The van der Waals surface area contributed by atoms with E-state index in [0.717, 1.165) is 38.0 Å². The van der Waals surface area contributed by atoms with E-state index in [0.29, 0.717) is 0 Å². The summed E-state index contributed by atoms with van der Waals surface area (Å²) in [5.41, 5.74) is 2.35. The second-order valence-electron chi connectivity index (χ2n) is 5.53. The van der Waals surface area contributed by atoms with Crippen molar-refractivity contribution < 1.29 is 4.79 Å². The number of benzene rings is 1. The van der Waals surface area contributed by atoms with Crippen LogP contribution < -0.4 is 5.32 Å². The number of amides is 1. The van der Waals surface area contributed by atoms with Gasteiger partial charge in [-0.2, -0.15) is 0 Å². The number of carbonyl (C=O) groups excluding carboxylic acids is 1. The molecule has 4 heteroatoms. The molecule has 2 aromatic rings. The van der Waals surface area contributed by atoms with Gasteiger partial charge in [0.25, 0.3) is 0 Å². The molecular formula is C16H21N3O. The third-order valence-corrected chi connectivity index (χ3v) is 4.02. The molecule has 0 saturated carbocycles. The summed E-state index contributed by atoms with van der Waals surface area (Å²) >= 11 is 0. The number of fused-ring (bicyclic) bond motifs is 1. The maximum atomic E-state index is 12.2. The van der Waals surface area contributed by atoms with Gasteiger partial charge in [0.1, 0.15) is 0 Å². The Kier molecular flexibility index (Phi) is 3.74. The Morgan fingerprint density at radius 3 is 2.95 bits per heavy atom. The normalized spacial score (nSPS) is 16.8. The van der Waals surface area contributed by atoms with E-state index in [1.165, 1.54) is 10.9 Å². The molecule has 1 aliphatic rings. The fourth-order valence-corrected chi connectivity index (χ4v) is 2.78. The molecule has 2 heterocycles. The Balaban J connectivity index is 1.59. The molecule has 1 atom stereocenters. The summed E-state index contributed by atoms with van der Waals surface area (Å²) in [5, 5.41) is 4.54. The smallest absolute Gasteiger partial charge is 0.239 e. The van der Waals surface area contributed by atoms with Gasteiger partial charge in [0, 0.05) is 31.3 Å². The second kappa shape index (κ2) is 5.67. The SMILES string of the molecule is CC(NCc1ccc2[nH]ccc2c1)C(=O)N1CCCC1. The first-order valence-electron chi connectivity index (χ1n) is 7.32. The average Bonchev–Trinajstić information content (AvgIpc) is 3.13. The molecule has 2 N–H and O–H groups in total. The van der Waals surface area contributed by atoms with Gasteiger partial charge in [0.15, 0.2) is 0 Å². The van der Waals surface area contributed by atoms with Crippen LogP contribution in [-0.2, 0) is 11.3 Å². The van der Waals surface area contributed by atoms with Crippen LogP contribution in [0.3, 0.4) is 0 Å². The number of hydrogen-bond acceptors (Lipinski definition) is 2. The van der Waals surface area contributed by atoms with Gasteiger partial charge in [-0.05, 0) is 48.9 Å². The number of carbonyl (C=O) groups is 1. The summed E-state index contributed by atoms with van der Waals surface area (Å²) < 4.78 is 0. The lowest BCUT2D eigenvalue weighted by Gasteiger charge is -2.21. The van der Waals surface area contributed by atoms with Crippen molar-refractivity contribution in [3.63, 3.8) is 0 Å². The van der Waals surface area contributed by atoms with Gasteiger partial charge < -0.3 is 15.2 Å². The number of aromatic amines is 1. The molecule has 0 radical (unpaired) electrons. The fraction of sp³-hybridized carbons (Fsp3) is 0.438. The molecule has 1 fully saturated rings. The molecule has 0 bridgehead atoms. The summed E-state index contributed by atoms with van der Waals surface area (Å²) in [6, 6.07) is 8.29. The van der Waals surface area contributed by atoms with Gasteiger partial charge in [-0.1, -0.05) is 6.07 Å². The van der Waals surface area contributed by atoms with Crippen molar-refractivity contribution in [1.82, 2.24) is 15.2 Å². The van der Waals surface area contributed by atoms with Gasteiger partial charge >= 0.3 is 0 Å². The lowest BCUT2D eigenvalue weighted by molar-refractivity contribution is -0.131. The van der Waals surface area contributed by atoms with Crippen molar-refractivity contribution in [2.75, 3.05) is 13.1 Å². The summed E-state index contributed by atoms with van der Waals surface area (Å²) in [6.07, 6.45) is 4.23. The molecule has 1 unspecified atom stereocenters. The topological polar surface area (TPSA) is 48.1 Å². The summed E-state index contributed by atoms with van der Waals surface area (Å²) in [6.45, 7) is 4.51. The van der Waals surface area contributed by atoms with Gasteiger partial charge in [0.2, 0.25) is 5.91 Å². The van der Waals surface area contributed by atoms with Gasteiger partial charge in [-0.25, -0.2) is 0 Å². The minimum absolute atomic E-state index is 0.116. The van der Waals surface area contributed by atoms with E-state index in [2.05, 4.69) is 34.6 Å². The van der Waals surface area contributed by atoms with E-state index in [1.54, 1.807) is 0 Å². The van der Waals surface area contributed by atoms with Crippen LogP contribution in [-0.4, -0.2) is 34.9 Å². The van der Waals surface area contributed by atoms with Gasteiger partial charge in [0.05, 0.1) is 6.04 Å². The van der Waals surface area contributed by atoms with Crippen LogP contribution in [0.25, 0.3) is 10.9 Å². The van der Waals surface area contributed by atoms with E-state index in [-0.39, 0.29) is 11.9 Å². The quantitative estimate of drug-likeness (QED) is 0.896. The minimum Gasteiger partial charge on any atom is -0.361 e. The van der Waals surface area contributed by atoms with Crippen molar-refractivity contribution in [2.45, 2.75) is 32.4 Å². The zero-order valence-electron chi connectivity index (χ0n) is 11.9. The first-order valence-corrected chi connectivity index (χ1v) is 7.32. The highest BCUT2D eigenvalue weighted by Gasteiger charge is 2.22. The second-order valence-corrected chi connectivity index (χ2v) is 5.53. The van der Waals surface area contributed by atoms with Gasteiger partial charge in [-0.15, -0.1) is 0 Å². The van der Waals surface area contributed by atoms with Crippen molar-refractivity contribution in [1.29, 1.82) is 0 Å². The summed E-state index contributed by atoms with van der Waals surface area (Å²) in [5.74, 6) is 0.227. The standard InChI is InChI=1S/C16H21N3O/c1-12(16(20)19-8-2-3-9-19)18-11-13-4-5-15-14(10-13)6-7-17-15/h4-7,10,12,17-18H,2-3,8-9,11H2,1H3. The molecule has 1 saturated heterocycles. The average molecular weight is 271 g/mol. The maximum absolute atomic E-state index is 12.2. The van der Waals surface area contributed by atoms with Crippen LogP contribution in [0.1, 0.15) is 25.3 Å². The first kappa shape index (κ1) is 13.2. The van der Waals surface area contributed by atoms with E-state index < -0.39 is 0 Å². The number of aromatic nitrogens is 1. The van der Waals surface area contributed by atoms with Crippen LogP contribution in [0, 0.1) is 0 Å².